The highest BCUT2D eigenvalue weighted by molar-refractivity contribution is 5.43. The van der Waals surface area contributed by atoms with Gasteiger partial charge in [-0.25, -0.2) is 9.07 Å². The molecule has 1 heterocycles. The molecule has 0 aliphatic carbocycles. The second kappa shape index (κ2) is 8.47. The van der Waals surface area contributed by atoms with Gasteiger partial charge in [-0.05, 0) is 61.7 Å². The van der Waals surface area contributed by atoms with E-state index in [1.807, 2.05) is 24.3 Å². The summed E-state index contributed by atoms with van der Waals surface area (Å²) in [6.45, 7) is 2.09. The molecule has 5 nitrogen and oxygen atoms in total. The van der Waals surface area contributed by atoms with E-state index < -0.39 is 0 Å². The minimum absolute atomic E-state index is 0.164. The molecule has 0 aliphatic heterocycles. The molecule has 0 amide bonds. The van der Waals surface area contributed by atoms with Gasteiger partial charge in [-0.3, -0.25) is 0 Å². The van der Waals surface area contributed by atoms with Crippen LogP contribution in [0.2, 0.25) is 0 Å². The van der Waals surface area contributed by atoms with Crippen molar-refractivity contribution in [2.75, 3.05) is 6.61 Å². The Morgan fingerprint density at radius 2 is 1.85 bits per heavy atom. The molecule has 3 aromatic rings. The summed E-state index contributed by atoms with van der Waals surface area (Å²) in [5.41, 5.74) is 3.46. The fraction of sp³-hybridized carbons (Fsp3) is 0.238. The lowest BCUT2D eigenvalue weighted by Crippen LogP contribution is -2.07. The van der Waals surface area contributed by atoms with Crippen LogP contribution in [0.4, 0.5) is 4.39 Å². The van der Waals surface area contributed by atoms with Crippen molar-refractivity contribution in [2.24, 2.45) is 0 Å². The van der Waals surface area contributed by atoms with Crippen LogP contribution in [0.1, 0.15) is 28.9 Å². The van der Waals surface area contributed by atoms with Crippen molar-refractivity contribution < 1.29 is 14.2 Å². The summed E-state index contributed by atoms with van der Waals surface area (Å²) in [5.74, 6) is 0.346. The molecule has 0 unspecified atom stereocenters. The van der Waals surface area contributed by atoms with E-state index in [4.69, 9.17) is 9.84 Å². The molecule has 2 aromatic carbocycles. The molecule has 0 bridgehead atoms. The Morgan fingerprint density at radius 3 is 2.48 bits per heavy atom. The summed E-state index contributed by atoms with van der Waals surface area (Å²) >= 11 is 0. The number of halogens is 1. The van der Waals surface area contributed by atoms with Gasteiger partial charge in [-0.2, -0.15) is 10.4 Å². The molecule has 0 atom stereocenters. The van der Waals surface area contributed by atoms with E-state index in [0.717, 1.165) is 18.4 Å². The van der Waals surface area contributed by atoms with E-state index in [9.17, 15) is 9.65 Å². The van der Waals surface area contributed by atoms with Crippen molar-refractivity contribution in [2.45, 2.75) is 26.4 Å². The minimum Gasteiger partial charge on any atom is -0.487 e. The van der Waals surface area contributed by atoms with Gasteiger partial charge >= 0.3 is 0 Å². The maximum absolute atomic E-state index is 13.2. The number of benzene rings is 2. The smallest absolute Gasteiger partial charge is 0.132 e. The van der Waals surface area contributed by atoms with Crippen LogP contribution in [-0.2, 0) is 13.0 Å². The zero-order chi connectivity index (χ0) is 19.2. The molecule has 1 N–H and O–H groups in total. The lowest BCUT2D eigenvalue weighted by atomic mass is 10.1. The Balaban J connectivity index is 1.81. The van der Waals surface area contributed by atoms with Crippen LogP contribution in [0.25, 0.3) is 5.69 Å². The number of hydrogen-bond donors (Lipinski definition) is 1. The van der Waals surface area contributed by atoms with Crippen molar-refractivity contribution in [1.82, 2.24) is 9.78 Å². The number of rotatable bonds is 7. The predicted octanol–water partition coefficient (Wildman–Crippen LogP) is 3.70. The van der Waals surface area contributed by atoms with Gasteiger partial charge in [-0.1, -0.05) is 12.1 Å². The van der Waals surface area contributed by atoms with Crippen molar-refractivity contribution in [1.29, 1.82) is 5.26 Å². The number of nitrogens with zero attached hydrogens (tertiary/aromatic N) is 3. The average Bonchev–Trinajstić information content (AvgIpc) is 3.01. The van der Waals surface area contributed by atoms with Crippen molar-refractivity contribution in [3.63, 3.8) is 0 Å². The third-order valence-electron chi connectivity index (χ3n) is 4.26. The van der Waals surface area contributed by atoms with Crippen LogP contribution in [0.3, 0.4) is 0 Å². The standard InChI is InChI=1S/C21H20FN3O2/c1-15-20(13-23)21(25(24-15)18-8-6-17(22)7-9-18)14-27-19-10-4-16(5-11-19)3-2-12-26/h4-11,26H,2-3,12,14H2,1H3. The van der Waals surface area contributed by atoms with Gasteiger partial charge in [0, 0.05) is 6.61 Å². The first-order valence-electron chi connectivity index (χ1n) is 8.69. The van der Waals surface area contributed by atoms with Gasteiger partial charge in [0.1, 0.15) is 29.8 Å². The molecule has 0 fully saturated rings. The van der Waals surface area contributed by atoms with Gasteiger partial charge in [0.15, 0.2) is 0 Å². The third-order valence-corrected chi connectivity index (χ3v) is 4.26. The summed E-state index contributed by atoms with van der Waals surface area (Å²) < 4.78 is 20.7. The number of hydrogen-bond acceptors (Lipinski definition) is 4. The van der Waals surface area contributed by atoms with E-state index in [0.29, 0.717) is 28.4 Å². The summed E-state index contributed by atoms with van der Waals surface area (Å²) in [5, 5.41) is 22.8. The largest absolute Gasteiger partial charge is 0.487 e. The van der Waals surface area contributed by atoms with Gasteiger partial charge in [0.25, 0.3) is 0 Å². The van der Waals surface area contributed by atoms with E-state index in [1.54, 1.807) is 23.7 Å². The molecular weight excluding hydrogens is 345 g/mol. The zero-order valence-corrected chi connectivity index (χ0v) is 15.0. The summed E-state index contributed by atoms with van der Waals surface area (Å²) in [6, 6.07) is 15.8. The molecule has 27 heavy (non-hydrogen) atoms. The lowest BCUT2D eigenvalue weighted by Gasteiger charge is -2.10. The Bertz CT molecular complexity index is 941. The van der Waals surface area contributed by atoms with Crippen LogP contribution in [0.15, 0.2) is 48.5 Å². The monoisotopic (exact) mass is 365 g/mol. The molecule has 0 saturated carbocycles. The molecule has 0 aliphatic rings. The first-order chi connectivity index (χ1) is 13.1. The van der Waals surface area contributed by atoms with E-state index in [1.165, 1.54) is 12.1 Å². The van der Waals surface area contributed by atoms with Gasteiger partial charge in [0.2, 0.25) is 0 Å². The fourth-order valence-corrected chi connectivity index (χ4v) is 2.84. The number of aryl methyl sites for hydroxylation is 2. The van der Waals surface area contributed by atoms with Crippen LogP contribution >= 0.6 is 0 Å². The quantitative estimate of drug-likeness (QED) is 0.693. The zero-order valence-electron chi connectivity index (χ0n) is 15.0. The number of aliphatic hydroxyl groups is 1. The third kappa shape index (κ3) is 4.33. The van der Waals surface area contributed by atoms with Crippen LogP contribution in [0.5, 0.6) is 5.75 Å². The Labute approximate surface area is 157 Å². The second-order valence-corrected chi connectivity index (χ2v) is 6.17. The maximum Gasteiger partial charge on any atom is 0.132 e. The van der Waals surface area contributed by atoms with Crippen molar-refractivity contribution in [3.05, 3.63) is 76.9 Å². The van der Waals surface area contributed by atoms with E-state index in [-0.39, 0.29) is 19.0 Å². The van der Waals surface area contributed by atoms with Crippen molar-refractivity contribution in [3.8, 4) is 17.5 Å². The SMILES string of the molecule is Cc1nn(-c2ccc(F)cc2)c(COc2ccc(CCCO)cc2)c1C#N. The highest BCUT2D eigenvalue weighted by Crippen LogP contribution is 2.21. The highest BCUT2D eigenvalue weighted by atomic mass is 19.1. The summed E-state index contributed by atoms with van der Waals surface area (Å²) in [6.07, 6.45) is 1.54. The Morgan fingerprint density at radius 1 is 1.15 bits per heavy atom. The highest BCUT2D eigenvalue weighted by Gasteiger charge is 2.17. The first kappa shape index (κ1) is 18.6. The number of aromatic nitrogens is 2. The average molecular weight is 365 g/mol. The fourth-order valence-electron chi connectivity index (χ4n) is 2.84. The van der Waals surface area contributed by atoms with Gasteiger partial charge in [-0.15, -0.1) is 0 Å². The van der Waals surface area contributed by atoms with Crippen LogP contribution < -0.4 is 4.74 Å². The molecule has 1 aromatic heterocycles. The first-order valence-corrected chi connectivity index (χ1v) is 8.69. The summed E-state index contributed by atoms with van der Waals surface area (Å²) in [4.78, 5) is 0. The molecular formula is C21H20FN3O2. The lowest BCUT2D eigenvalue weighted by molar-refractivity contribution is 0.288. The molecule has 3 rings (SSSR count). The van der Waals surface area contributed by atoms with E-state index >= 15 is 0 Å². The molecule has 6 heteroatoms. The molecule has 0 radical (unpaired) electrons. The minimum atomic E-state index is -0.331. The van der Waals surface area contributed by atoms with Gasteiger partial charge < -0.3 is 9.84 Å². The second-order valence-electron chi connectivity index (χ2n) is 6.17. The maximum atomic E-state index is 13.2. The Kier molecular flexibility index (Phi) is 5.84. The normalized spacial score (nSPS) is 10.6. The van der Waals surface area contributed by atoms with E-state index in [2.05, 4.69) is 11.2 Å². The topological polar surface area (TPSA) is 71.1 Å². The number of aliphatic hydroxyl groups excluding tert-OH is 1. The van der Waals surface area contributed by atoms with Crippen LogP contribution in [-0.4, -0.2) is 21.5 Å². The molecule has 138 valence electrons. The van der Waals surface area contributed by atoms with Gasteiger partial charge in [0.05, 0.1) is 17.1 Å². The number of ether oxygens (including phenoxy) is 1. The summed E-state index contributed by atoms with van der Waals surface area (Å²) in [7, 11) is 0. The van der Waals surface area contributed by atoms with Crippen LogP contribution in [0, 0.1) is 24.1 Å². The van der Waals surface area contributed by atoms with Crippen molar-refractivity contribution >= 4 is 0 Å². The predicted molar refractivity (Wildman–Crippen MR) is 99.2 cm³/mol. The molecule has 0 spiro atoms. The number of nitriles is 1. The molecule has 0 saturated heterocycles. The Hall–Kier alpha value is -3.17.